The highest BCUT2D eigenvalue weighted by Crippen LogP contribution is 2.02. The first-order chi connectivity index (χ1) is 6.06. The van der Waals surface area contributed by atoms with Gasteiger partial charge in [-0.2, -0.15) is 0 Å². The molecule has 0 rings (SSSR count). The van der Waals surface area contributed by atoms with Crippen molar-refractivity contribution >= 4 is 5.78 Å². The Morgan fingerprint density at radius 3 is 2.54 bits per heavy atom. The molecule has 0 saturated carbocycles. The van der Waals surface area contributed by atoms with Gasteiger partial charge in [0.1, 0.15) is 5.78 Å². The smallest absolute Gasteiger partial charge is 0.146 e. The summed E-state index contributed by atoms with van der Waals surface area (Å²) in [7, 11) is 0. The van der Waals surface area contributed by atoms with Crippen LogP contribution in [0, 0.1) is 0 Å². The third-order valence-electron chi connectivity index (χ3n) is 1.72. The van der Waals surface area contributed by atoms with Crippen LogP contribution in [-0.2, 0) is 4.79 Å². The number of carbonyl (C=O) groups is 1. The Morgan fingerprint density at radius 1 is 1.46 bits per heavy atom. The van der Waals surface area contributed by atoms with Gasteiger partial charge in [0, 0.05) is 12.5 Å². The van der Waals surface area contributed by atoms with Gasteiger partial charge in [0.2, 0.25) is 0 Å². The fourth-order valence-electron chi connectivity index (χ4n) is 0.808. The molecule has 0 unspecified atom stereocenters. The normalized spacial score (nSPS) is 10.1. The second-order valence-electron chi connectivity index (χ2n) is 3.44. The van der Waals surface area contributed by atoms with Crippen molar-refractivity contribution < 1.29 is 4.79 Å². The van der Waals surface area contributed by atoms with E-state index in [1.54, 1.807) is 6.08 Å². The molecule has 0 aromatic carbocycles. The van der Waals surface area contributed by atoms with E-state index in [9.17, 15) is 4.79 Å². The van der Waals surface area contributed by atoms with Crippen LogP contribution < -0.4 is 5.32 Å². The maximum Gasteiger partial charge on any atom is 0.146 e. The van der Waals surface area contributed by atoms with Gasteiger partial charge in [-0.05, 0) is 6.42 Å². The van der Waals surface area contributed by atoms with Crippen LogP contribution in [0.15, 0.2) is 24.8 Å². The molecule has 0 heterocycles. The molecule has 0 aromatic rings. The summed E-state index contributed by atoms with van der Waals surface area (Å²) < 4.78 is 0. The summed E-state index contributed by atoms with van der Waals surface area (Å²) >= 11 is 0. The zero-order chi connectivity index (χ0) is 10.3. The molecule has 0 aliphatic carbocycles. The second-order valence-corrected chi connectivity index (χ2v) is 3.44. The Balaban J connectivity index is 3.51. The van der Waals surface area contributed by atoms with Crippen LogP contribution in [0.4, 0.5) is 0 Å². The third kappa shape index (κ3) is 7.47. The summed E-state index contributed by atoms with van der Waals surface area (Å²) in [6.07, 6.45) is 2.98. The van der Waals surface area contributed by atoms with Gasteiger partial charge in [0.05, 0.1) is 6.54 Å². The quantitative estimate of drug-likeness (QED) is 0.609. The van der Waals surface area contributed by atoms with E-state index < -0.39 is 0 Å². The zero-order valence-corrected chi connectivity index (χ0v) is 8.60. The summed E-state index contributed by atoms with van der Waals surface area (Å²) in [5.74, 6) is 0.233. The zero-order valence-electron chi connectivity index (χ0n) is 8.60. The number of rotatable bonds is 7. The van der Waals surface area contributed by atoms with Gasteiger partial charge < -0.3 is 5.32 Å². The standard InChI is InChI=1S/C11H19NO/c1-5-10(4)6-7-11(13)8-12-9(2)3/h5,9,12H,1,4,6-8H2,2-3H3. The number of hydrogen-bond acceptors (Lipinski definition) is 2. The molecule has 0 aromatic heterocycles. The minimum absolute atomic E-state index is 0.233. The fourth-order valence-corrected chi connectivity index (χ4v) is 0.808. The molecule has 0 saturated heterocycles. The van der Waals surface area contributed by atoms with E-state index in [1.165, 1.54) is 0 Å². The molecular formula is C11H19NO. The maximum atomic E-state index is 11.2. The first-order valence-electron chi connectivity index (χ1n) is 4.61. The molecule has 13 heavy (non-hydrogen) atoms. The number of ketones is 1. The molecule has 74 valence electrons. The number of Topliss-reactive ketones (excluding diaryl/α,β-unsaturated/α-hetero) is 1. The van der Waals surface area contributed by atoms with Gasteiger partial charge in [-0.15, -0.1) is 0 Å². The summed E-state index contributed by atoms with van der Waals surface area (Å²) in [5.41, 5.74) is 0.929. The summed E-state index contributed by atoms with van der Waals surface area (Å²) in [6, 6.07) is 0.367. The summed E-state index contributed by atoms with van der Waals surface area (Å²) in [5, 5.41) is 3.08. The lowest BCUT2D eigenvalue weighted by molar-refractivity contribution is -0.118. The van der Waals surface area contributed by atoms with Gasteiger partial charge in [0.25, 0.3) is 0 Å². The predicted octanol–water partition coefficient (Wildman–Crippen LogP) is 2.08. The van der Waals surface area contributed by atoms with E-state index in [2.05, 4.69) is 18.5 Å². The second kappa shape index (κ2) is 6.61. The van der Waals surface area contributed by atoms with Gasteiger partial charge in [0.15, 0.2) is 0 Å². The van der Waals surface area contributed by atoms with Crippen molar-refractivity contribution in [1.82, 2.24) is 5.32 Å². The van der Waals surface area contributed by atoms with E-state index in [1.807, 2.05) is 13.8 Å². The third-order valence-corrected chi connectivity index (χ3v) is 1.72. The van der Waals surface area contributed by atoms with Crippen LogP contribution in [0.2, 0.25) is 0 Å². The van der Waals surface area contributed by atoms with Crippen molar-refractivity contribution in [1.29, 1.82) is 0 Å². The fraction of sp³-hybridized carbons (Fsp3) is 0.545. The van der Waals surface area contributed by atoms with E-state index in [0.717, 1.165) is 12.0 Å². The first kappa shape index (κ1) is 12.1. The Bertz CT molecular complexity index is 194. The molecular weight excluding hydrogens is 162 g/mol. The van der Waals surface area contributed by atoms with Gasteiger partial charge in [-0.1, -0.05) is 38.7 Å². The van der Waals surface area contributed by atoms with E-state index in [4.69, 9.17) is 0 Å². The van der Waals surface area contributed by atoms with Crippen LogP contribution in [0.5, 0.6) is 0 Å². The van der Waals surface area contributed by atoms with Crippen LogP contribution in [-0.4, -0.2) is 18.4 Å². The number of hydrogen-bond donors (Lipinski definition) is 1. The molecule has 0 aliphatic rings. The van der Waals surface area contributed by atoms with Crippen molar-refractivity contribution in [3.63, 3.8) is 0 Å². The first-order valence-corrected chi connectivity index (χ1v) is 4.61. The SMILES string of the molecule is C=CC(=C)CCC(=O)CNC(C)C. The van der Waals surface area contributed by atoms with Crippen LogP contribution in [0.1, 0.15) is 26.7 Å². The summed E-state index contributed by atoms with van der Waals surface area (Å²) in [4.78, 5) is 11.2. The Hall–Kier alpha value is -0.890. The molecule has 0 atom stereocenters. The van der Waals surface area contributed by atoms with Gasteiger partial charge in [-0.25, -0.2) is 0 Å². The van der Waals surface area contributed by atoms with E-state index >= 15 is 0 Å². The van der Waals surface area contributed by atoms with Gasteiger partial charge >= 0.3 is 0 Å². The molecule has 0 radical (unpaired) electrons. The molecule has 2 heteroatoms. The van der Waals surface area contributed by atoms with E-state index in [0.29, 0.717) is 19.0 Å². The molecule has 0 amide bonds. The van der Waals surface area contributed by atoms with Crippen molar-refractivity contribution in [3.8, 4) is 0 Å². The average Bonchev–Trinajstić information content (AvgIpc) is 2.10. The average molecular weight is 181 g/mol. The summed E-state index contributed by atoms with van der Waals surface area (Å²) in [6.45, 7) is 11.8. The topological polar surface area (TPSA) is 29.1 Å². The Kier molecular flexibility index (Phi) is 6.15. The minimum Gasteiger partial charge on any atom is -0.308 e. The van der Waals surface area contributed by atoms with Crippen molar-refractivity contribution in [2.75, 3.05) is 6.54 Å². The van der Waals surface area contributed by atoms with Crippen LogP contribution in [0.25, 0.3) is 0 Å². The monoisotopic (exact) mass is 181 g/mol. The molecule has 0 bridgehead atoms. The Morgan fingerprint density at radius 2 is 2.08 bits per heavy atom. The van der Waals surface area contributed by atoms with E-state index in [-0.39, 0.29) is 5.78 Å². The molecule has 1 N–H and O–H groups in total. The van der Waals surface area contributed by atoms with Crippen molar-refractivity contribution in [3.05, 3.63) is 24.8 Å². The highest BCUT2D eigenvalue weighted by atomic mass is 16.1. The number of nitrogens with one attached hydrogen (secondary N) is 1. The molecule has 0 aliphatic heterocycles. The lowest BCUT2D eigenvalue weighted by Crippen LogP contribution is -2.28. The molecule has 0 fully saturated rings. The van der Waals surface area contributed by atoms with Crippen LogP contribution in [0.3, 0.4) is 0 Å². The largest absolute Gasteiger partial charge is 0.308 e. The van der Waals surface area contributed by atoms with Crippen molar-refractivity contribution in [2.24, 2.45) is 0 Å². The minimum atomic E-state index is 0.233. The Labute approximate surface area is 80.7 Å². The molecule has 0 spiro atoms. The molecule has 2 nitrogen and oxygen atoms in total. The van der Waals surface area contributed by atoms with Crippen molar-refractivity contribution in [2.45, 2.75) is 32.7 Å². The highest BCUT2D eigenvalue weighted by molar-refractivity contribution is 5.80. The number of allylic oxidation sites excluding steroid dienone is 2. The maximum absolute atomic E-state index is 11.2. The van der Waals surface area contributed by atoms with Crippen LogP contribution >= 0.6 is 0 Å². The number of carbonyl (C=O) groups excluding carboxylic acids is 1. The lowest BCUT2D eigenvalue weighted by Gasteiger charge is -2.06. The highest BCUT2D eigenvalue weighted by Gasteiger charge is 2.02. The van der Waals surface area contributed by atoms with Gasteiger partial charge in [-0.3, -0.25) is 4.79 Å². The lowest BCUT2D eigenvalue weighted by atomic mass is 10.1. The predicted molar refractivity (Wildman–Crippen MR) is 56.7 cm³/mol.